The second kappa shape index (κ2) is 9.24. The van der Waals surface area contributed by atoms with Crippen molar-refractivity contribution >= 4 is 22.5 Å². The zero-order chi connectivity index (χ0) is 28.0. The summed E-state index contributed by atoms with van der Waals surface area (Å²) in [6.07, 6.45) is -13.7. The van der Waals surface area contributed by atoms with Gasteiger partial charge in [-0.1, -0.05) is 13.0 Å². The molecule has 0 bridgehead atoms. The number of aromatic nitrogens is 1. The molecule has 0 fully saturated rings. The molecular weight excluding hydrogens is 517 g/mol. The van der Waals surface area contributed by atoms with Crippen molar-refractivity contribution in [3.63, 3.8) is 0 Å². The number of carbonyl (C=O) groups excluding carboxylic acids is 1. The average Bonchev–Trinajstić information content (AvgIpc) is 2.82. The van der Waals surface area contributed by atoms with E-state index in [-0.39, 0.29) is 46.6 Å². The average molecular weight is 533 g/mol. The molecule has 1 unspecified atom stereocenters. The molecule has 0 spiro atoms. The van der Waals surface area contributed by atoms with Crippen molar-refractivity contribution in [2.45, 2.75) is 44.2 Å². The first kappa shape index (κ1) is 27.8. The molecule has 196 valence electrons. The number of anilines is 1. The highest BCUT2D eigenvalue weighted by molar-refractivity contribution is 6.07. The van der Waals surface area contributed by atoms with Gasteiger partial charge in [0, 0.05) is 22.2 Å². The molecule has 1 amide bonds. The van der Waals surface area contributed by atoms with Gasteiger partial charge in [0.05, 0.1) is 5.52 Å². The summed E-state index contributed by atoms with van der Waals surface area (Å²) in [5.74, 6) is -7.59. The number of benzene rings is 2. The highest BCUT2D eigenvalue weighted by Crippen LogP contribution is 2.58. The Kier molecular flexibility index (Phi) is 6.93. The normalized spacial score (nSPS) is 14.2. The van der Waals surface area contributed by atoms with E-state index in [0.717, 1.165) is 6.92 Å². The Morgan fingerprint density at radius 2 is 1.59 bits per heavy atom. The molecule has 1 aromatic heterocycles. The number of carbonyl (C=O) groups is 1. The Labute approximate surface area is 203 Å². The number of nitriles is 1. The van der Waals surface area contributed by atoms with E-state index in [4.69, 9.17) is 5.26 Å². The molecule has 3 rings (SSSR count). The molecule has 0 radical (unpaired) electrons. The Hall–Kier alpha value is -3.82. The van der Waals surface area contributed by atoms with Gasteiger partial charge >= 0.3 is 23.9 Å². The minimum absolute atomic E-state index is 0.0447. The van der Waals surface area contributed by atoms with Gasteiger partial charge in [0.15, 0.2) is 0 Å². The number of hydrogen-bond donors (Lipinski definition) is 1. The highest BCUT2D eigenvalue weighted by Gasteiger charge is 2.81. The monoisotopic (exact) mass is 533 g/mol. The molecule has 0 saturated heterocycles. The van der Waals surface area contributed by atoms with Gasteiger partial charge in [-0.3, -0.25) is 4.79 Å². The predicted molar refractivity (Wildman–Crippen MR) is 115 cm³/mol. The number of fused-ring (bicyclic) bond motifs is 1. The summed E-state index contributed by atoms with van der Waals surface area (Å²) in [4.78, 5) is 16.9. The molecule has 2 aromatic carbocycles. The van der Waals surface area contributed by atoms with Crippen molar-refractivity contribution in [3.05, 3.63) is 70.4 Å². The number of halogens is 9. The van der Waals surface area contributed by atoms with Crippen molar-refractivity contribution in [1.29, 1.82) is 5.26 Å². The molecule has 4 nitrogen and oxygen atoms in total. The Balaban J connectivity index is 2.07. The van der Waals surface area contributed by atoms with E-state index in [1.807, 2.05) is 6.07 Å². The van der Waals surface area contributed by atoms with Crippen molar-refractivity contribution in [1.82, 2.24) is 4.98 Å². The first-order chi connectivity index (χ1) is 17.0. The maximum Gasteiger partial charge on any atom is 0.457 e. The molecule has 3 aromatic rings. The quantitative estimate of drug-likeness (QED) is 0.354. The molecule has 1 N–H and O–H groups in total. The van der Waals surface area contributed by atoms with E-state index in [1.165, 1.54) is 37.3 Å². The molecule has 13 heteroatoms. The molecule has 0 aliphatic rings. The van der Waals surface area contributed by atoms with E-state index >= 15 is 0 Å². The van der Waals surface area contributed by atoms with Gasteiger partial charge in [-0.05, 0) is 60.9 Å². The number of amides is 1. The molecule has 37 heavy (non-hydrogen) atoms. The lowest BCUT2D eigenvalue weighted by atomic mass is 9.85. The third kappa shape index (κ3) is 4.68. The molecule has 0 aliphatic carbocycles. The van der Waals surface area contributed by atoms with Gasteiger partial charge < -0.3 is 5.32 Å². The SMILES string of the molecule is CCc1cc(C(F)(C(F)(F)F)C(F)(F)C(F)(F)F)cc(C)c1NC(=O)c1ccc2nc(C#N)ccc2c1. The van der Waals surface area contributed by atoms with Crippen LogP contribution in [0.25, 0.3) is 10.9 Å². The summed E-state index contributed by atoms with van der Waals surface area (Å²) in [6, 6.07) is 9.39. The van der Waals surface area contributed by atoms with Crippen LogP contribution in [0.3, 0.4) is 0 Å². The summed E-state index contributed by atoms with van der Waals surface area (Å²) in [5.41, 5.74) is -8.29. The van der Waals surface area contributed by atoms with Crippen LogP contribution in [0.5, 0.6) is 0 Å². The highest BCUT2D eigenvalue weighted by atomic mass is 19.4. The third-order valence-corrected chi connectivity index (χ3v) is 5.68. The van der Waals surface area contributed by atoms with E-state index in [1.54, 1.807) is 0 Å². The minimum Gasteiger partial charge on any atom is -0.321 e. The largest absolute Gasteiger partial charge is 0.457 e. The van der Waals surface area contributed by atoms with Crippen molar-refractivity contribution in [2.24, 2.45) is 0 Å². The van der Waals surface area contributed by atoms with Crippen LogP contribution in [-0.4, -0.2) is 29.2 Å². The van der Waals surface area contributed by atoms with Gasteiger partial charge in [0.1, 0.15) is 11.8 Å². The van der Waals surface area contributed by atoms with Crippen LogP contribution < -0.4 is 5.32 Å². The van der Waals surface area contributed by atoms with E-state index in [0.29, 0.717) is 10.9 Å². The molecule has 0 aliphatic heterocycles. The molecule has 1 heterocycles. The van der Waals surface area contributed by atoms with E-state index < -0.39 is 35.4 Å². The van der Waals surface area contributed by atoms with Crippen LogP contribution in [0.15, 0.2) is 42.5 Å². The van der Waals surface area contributed by atoms with Crippen molar-refractivity contribution in [2.75, 3.05) is 5.32 Å². The van der Waals surface area contributed by atoms with Crippen LogP contribution >= 0.6 is 0 Å². The fourth-order valence-electron chi connectivity index (χ4n) is 3.75. The van der Waals surface area contributed by atoms with Crippen LogP contribution in [0.4, 0.5) is 45.2 Å². The minimum atomic E-state index is -6.84. The maximum absolute atomic E-state index is 15.0. The zero-order valence-corrected chi connectivity index (χ0v) is 19.0. The molecule has 0 saturated carbocycles. The summed E-state index contributed by atoms with van der Waals surface area (Å²) in [5, 5.41) is 11.8. The fourth-order valence-corrected chi connectivity index (χ4v) is 3.75. The topological polar surface area (TPSA) is 65.8 Å². The Morgan fingerprint density at radius 1 is 0.946 bits per heavy atom. The van der Waals surface area contributed by atoms with Gasteiger partial charge in [0.25, 0.3) is 5.91 Å². The number of nitrogens with zero attached hydrogens (tertiary/aromatic N) is 2. The summed E-state index contributed by atoms with van der Waals surface area (Å²) in [6.45, 7) is 2.37. The lowest BCUT2D eigenvalue weighted by molar-refractivity contribution is -0.389. The van der Waals surface area contributed by atoms with Crippen LogP contribution in [-0.2, 0) is 12.1 Å². The summed E-state index contributed by atoms with van der Waals surface area (Å²) < 4.78 is 122. The lowest BCUT2D eigenvalue weighted by Crippen LogP contribution is -2.59. The Morgan fingerprint density at radius 3 is 2.14 bits per heavy atom. The summed E-state index contributed by atoms with van der Waals surface area (Å²) >= 11 is 0. The second-order valence-electron chi connectivity index (χ2n) is 8.08. The van der Waals surface area contributed by atoms with E-state index in [9.17, 15) is 44.3 Å². The van der Waals surface area contributed by atoms with Crippen LogP contribution in [0, 0.1) is 18.3 Å². The third-order valence-electron chi connectivity index (χ3n) is 5.68. The van der Waals surface area contributed by atoms with Crippen LogP contribution in [0.1, 0.15) is 39.7 Å². The standard InChI is InChI=1S/C24H16F9N3O/c1-3-13-10-16(21(25,23(28,29)30)22(26,27)24(31,32)33)8-12(2)19(13)36-20(37)15-5-7-18-14(9-15)4-6-17(11-34)35-18/h4-10H,3H2,1-2H3,(H,36,37). The first-order valence-corrected chi connectivity index (χ1v) is 10.4. The molecule has 1 atom stereocenters. The predicted octanol–water partition coefficient (Wildman–Crippen LogP) is 7.15. The van der Waals surface area contributed by atoms with E-state index in [2.05, 4.69) is 10.3 Å². The van der Waals surface area contributed by atoms with Gasteiger partial charge in [-0.15, -0.1) is 0 Å². The fraction of sp³-hybridized carbons (Fsp3) is 0.292. The van der Waals surface area contributed by atoms with Gasteiger partial charge in [-0.2, -0.15) is 40.4 Å². The van der Waals surface area contributed by atoms with Crippen molar-refractivity contribution in [3.8, 4) is 6.07 Å². The number of alkyl halides is 9. The van der Waals surface area contributed by atoms with Crippen LogP contribution in [0.2, 0.25) is 0 Å². The summed E-state index contributed by atoms with van der Waals surface area (Å²) in [7, 11) is 0. The second-order valence-corrected chi connectivity index (χ2v) is 8.08. The number of aryl methyl sites for hydroxylation is 2. The lowest BCUT2D eigenvalue weighted by Gasteiger charge is -2.36. The first-order valence-electron chi connectivity index (χ1n) is 10.4. The van der Waals surface area contributed by atoms with Gasteiger partial charge in [0.2, 0.25) is 0 Å². The van der Waals surface area contributed by atoms with Crippen molar-refractivity contribution < 1.29 is 44.3 Å². The number of hydrogen-bond acceptors (Lipinski definition) is 3. The number of pyridine rings is 1. The Bertz CT molecular complexity index is 1410. The number of rotatable bonds is 5. The number of nitrogens with one attached hydrogen (secondary N) is 1. The maximum atomic E-state index is 15.0. The smallest absolute Gasteiger partial charge is 0.321 e. The zero-order valence-electron chi connectivity index (χ0n) is 19.0. The molecular formula is C24H16F9N3O. The van der Waals surface area contributed by atoms with Gasteiger partial charge in [-0.25, -0.2) is 9.37 Å².